The van der Waals surface area contributed by atoms with Crippen LogP contribution >= 0.6 is 0 Å². The van der Waals surface area contributed by atoms with E-state index in [4.69, 9.17) is 0 Å². The molecule has 0 amide bonds. The predicted molar refractivity (Wildman–Crippen MR) is 151 cm³/mol. The Kier molecular flexibility index (Phi) is 7.74. The van der Waals surface area contributed by atoms with Crippen LogP contribution in [0.25, 0.3) is 11.1 Å². The Morgan fingerprint density at radius 2 is 1.85 bits per heavy atom. The van der Waals surface area contributed by atoms with Crippen LogP contribution in [0.4, 0.5) is 4.39 Å². The standard InChI is InChI=1S/C31H29FN4O4S/c1-3-4-8-27-35-30(37)29(31(38)36(27)28(22-9-10-22)23-7-5-6-20(17-23)18-33)41(39,40)24-13-11-21(12-14-24)25-15-16-26(32)34-19(25)2/h5-7,11-17,22,28,38H,3-4,8-10H2,1-2H3. The summed E-state index contributed by atoms with van der Waals surface area (Å²) in [4.78, 5) is 20.3. The van der Waals surface area contributed by atoms with Crippen LogP contribution in [0.1, 0.15) is 61.3 Å². The van der Waals surface area contributed by atoms with Crippen molar-refractivity contribution in [3.05, 3.63) is 99.6 Å². The van der Waals surface area contributed by atoms with Gasteiger partial charge < -0.3 is 5.11 Å². The Morgan fingerprint density at radius 1 is 1.12 bits per heavy atom. The molecule has 2 aromatic carbocycles. The van der Waals surface area contributed by atoms with Crippen LogP contribution in [-0.2, 0) is 16.3 Å². The van der Waals surface area contributed by atoms with Crippen molar-refractivity contribution >= 4 is 9.84 Å². The molecule has 210 valence electrons. The molecular weight excluding hydrogens is 543 g/mol. The number of halogens is 1. The molecule has 8 nitrogen and oxygen atoms in total. The monoisotopic (exact) mass is 572 g/mol. The molecule has 0 saturated heterocycles. The Hall–Kier alpha value is -4.36. The average Bonchev–Trinajstić information content (AvgIpc) is 3.79. The van der Waals surface area contributed by atoms with E-state index in [1.807, 2.05) is 13.0 Å². The molecule has 0 spiro atoms. The quantitative estimate of drug-likeness (QED) is 0.262. The topological polar surface area (TPSA) is 126 Å². The molecule has 1 fully saturated rings. The number of aryl methyl sites for hydroxylation is 2. The minimum atomic E-state index is -4.48. The Balaban J connectivity index is 1.65. The SMILES string of the molecule is CCCCc1nc(=O)c(S(=O)(=O)c2ccc(-c3ccc(F)nc3C)cc2)c(O)n1C(c1cccc(C#N)c1)C1CC1. The van der Waals surface area contributed by atoms with Crippen LogP contribution in [0.2, 0.25) is 0 Å². The van der Waals surface area contributed by atoms with Gasteiger partial charge in [-0.05, 0) is 79.6 Å². The first-order valence-electron chi connectivity index (χ1n) is 13.5. The zero-order valence-corrected chi connectivity index (χ0v) is 23.5. The summed E-state index contributed by atoms with van der Waals surface area (Å²) in [5.41, 5.74) is 1.86. The van der Waals surface area contributed by atoms with Crippen molar-refractivity contribution in [2.45, 2.75) is 61.8 Å². The van der Waals surface area contributed by atoms with Crippen molar-refractivity contribution in [2.75, 3.05) is 0 Å². The molecule has 1 unspecified atom stereocenters. The normalized spacial score (nSPS) is 14.0. The number of sulfone groups is 1. The molecule has 2 aromatic heterocycles. The van der Waals surface area contributed by atoms with E-state index in [1.165, 1.54) is 22.8 Å². The fourth-order valence-electron chi connectivity index (χ4n) is 5.19. The van der Waals surface area contributed by atoms with Gasteiger partial charge in [0.25, 0.3) is 5.56 Å². The van der Waals surface area contributed by atoms with Crippen LogP contribution in [0, 0.1) is 30.1 Å². The van der Waals surface area contributed by atoms with E-state index < -0.39 is 38.2 Å². The lowest BCUT2D eigenvalue weighted by Crippen LogP contribution is -2.28. The largest absolute Gasteiger partial charge is 0.493 e. The lowest BCUT2D eigenvalue weighted by molar-refractivity contribution is 0.348. The lowest BCUT2D eigenvalue weighted by Gasteiger charge is -2.26. The van der Waals surface area contributed by atoms with E-state index in [-0.39, 0.29) is 10.8 Å². The second-order valence-corrected chi connectivity index (χ2v) is 12.2. The van der Waals surface area contributed by atoms with Crippen molar-refractivity contribution in [2.24, 2.45) is 5.92 Å². The Labute approximate surface area is 237 Å². The van der Waals surface area contributed by atoms with Gasteiger partial charge in [-0.2, -0.15) is 14.6 Å². The van der Waals surface area contributed by atoms with Crippen LogP contribution in [0.3, 0.4) is 0 Å². The molecule has 4 aromatic rings. The van der Waals surface area contributed by atoms with Gasteiger partial charge in [-0.3, -0.25) is 9.36 Å². The molecule has 5 rings (SSSR count). The van der Waals surface area contributed by atoms with Gasteiger partial charge in [-0.1, -0.05) is 37.6 Å². The number of hydrogen-bond acceptors (Lipinski definition) is 7. The van der Waals surface area contributed by atoms with Gasteiger partial charge in [0, 0.05) is 17.7 Å². The third kappa shape index (κ3) is 5.50. The molecule has 41 heavy (non-hydrogen) atoms. The van der Waals surface area contributed by atoms with Gasteiger partial charge in [0.2, 0.25) is 21.7 Å². The molecule has 2 heterocycles. The first kappa shape index (κ1) is 28.2. The summed E-state index contributed by atoms with van der Waals surface area (Å²) in [6.45, 7) is 3.64. The maximum absolute atomic E-state index is 13.8. The Bertz CT molecular complexity index is 1820. The number of benzene rings is 2. The van der Waals surface area contributed by atoms with Crippen LogP contribution in [-0.4, -0.2) is 28.1 Å². The first-order valence-corrected chi connectivity index (χ1v) is 15.0. The third-order valence-electron chi connectivity index (χ3n) is 7.39. The maximum Gasteiger partial charge on any atom is 0.296 e. The first-order chi connectivity index (χ1) is 19.6. The summed E-state index contributed by atoms with van der Waals surface area (Å²) in [6, 6.07) is 17.2. The van der Waals surface area contributed by atoms with Gasteiger partial charge in [-0.25, -0.2) is 13.4 Å². The third-order valence-corrected chi connectivity index (χ3v) is 9.18. The Morgan fingerprint density at radius 3 is 2.49 bits per heavy atom. The second kappa shape index (κ2) is 11.3. The average molecular weight is 573 g/mol. The highest BCUT2D eigenvalue weighted by Crippen LogP contribution is 2.46. The molecule has 0 bridgehead atoms. The van der Waals surface area contributed by atoms with E-state index >= 15 is 0 Å². The summed E-state index contributed by atoms with van der Waals surface area (Å²) < 4.78 is 42.6. The van der Waals surface area contributed by atoms with Crippen molar-refractivity contribution in [3.8, 4) is 23.1 Å². The van der Waals surface area contributed by atoms with Gasteiger partial charge >= 0.3 is 0 Å². The predicted octanol–water partition coefficient (Wildman–Crippen LogP) is 5.50. The van der Waals surface area contributed by atoms with E-state index in [2.05, 4.69) is 16.0 Å². The lowest BCUT2D eigenvalue weighted by atomic mass is 9.99. The molecule has 1 aliphatic carbocycles. The fourth-order valence-corrected chi connectivity index (χ4v) is 6.54. The molecule has 10 heteroatoms. The number of hydrogen-bond donors (Lipinski definition) is 1. The highest BCUT2D eigenvalue weighted by molar-refractivity contribution is 7.91. The number of aromatic hydroxyl groups is 1. The highest BCUT2D eigenvalue weighted by Gasteiger charge is 2.39. The summed E-state index contributed by atoms with van der Waals surface area (Å²) in [7, 11) is -4.48. The molecule has 0 radical (unpaired) electrons. The summed E-state index contributed by atoms with van der Waals surface area (Å²) in [5.74, 6) is -0.877. The minimum absolute atomic E-state index is 0.0851. The summed E-state index contributed by atoms with van der Waals surface area (Å²) in [5, 5.41) is 21.1. The maximum atomic E-state index is 13.8. The second-order valence-electron chi connectivity index (χ2n) is 10.3. The van der Waals surface area contributed by atoms with Gasteiger partial charge in [-0.15, -0.1) is 0 Å². The van der Waals surface area contributed by atoms with Crippen LogP contribution in [0.15, 0.2) is 75.2 Å². The number of nitriles is 1. The van der Waals surface area contributed by atoms with Gasteiger partial charge in [0.1, 0.15) is 5.82 Å². The summed E-state index contributed by atoms with van der Waals surface area (Å²) >= 11 is 0. The van der Waals surface area contributed by atoms with Crippen molar-refractivity contribution in [1.29, 1.82) is 5.26 Å². The van der Waals surface area contributed by atoms with Gasteiger partial charge in [0.15, 0.2) is 4.90 Å². The molecule has 1 N–H and O–H groups in total. The zero-order valence-electron chi connectivity index (χ0n) is 22.7. The summed E-state index contributed by atoms with van der Waals surface area (Å²) in [6.07, 6.45) is 3.57. The number of aromatic nitrogens is 3. The van der Waals surface area contributed by atoms with Crippen LogP contribution < -0.4 is 5.56 Å². The molecular formula is C31H29FN4O4S. The number of rotatable bonds is 9. The molecule has 1 atom stereocenters. The van der Waals surface area contributed by atoms with Crippen molar-refractivity contribution < 1.29 is 17.9 Å². The van der Waals surface area contributed by atoms with E-state index in [9.17, 15) is 28.0 Å². The fraction of sp³-hybridized carbons (Fsp3) is 0.290. The number of unbranched alkanes of at least 4 members (excludes halogenated alkanes) is 1. The van der Waals surface area contributed by atoms with Crippen molar-refractivity contribution in [1.82, 2.24) is 14.5 Å². The van der Waals surface area contributed by atoms with E-state index in [0.29, 0.717) is 41.1 Å². The molecule has 1 aliphatic rings. The smallest absolute Gasteiger partial charge is 0.296 e. The molecule has 1 saturated carbocycles. The minimum Gasteiger partial charge on any atom is -0.493 e. The van der Waals surface area contributed by atoms with E-state index in [0.717, 1.165) is 24.8 Å². The van der Waals surface area contributed by atoms with Gasteiger partial charge in [0.05, 0.1) is 22.6 Å². The molecule has 0 aliphatic heterocycles. The highest BCUT2D eigenvalue weighted by atomic mass is 32.2. The zero-order chi connectivity index (χ0) is 29.3. The van der Waals surface area contributed by atoms with Crippen LogP contribution in [0.5, 0.6) is 5.88 Å². The van der Waals surface area contributed by atoms with Crippen molar-refractivity contribution in [3.63, 3.8) is 0 Å². The number of pyridine rings is 1. The number of nitrogens with zero attached hydrogens (tertiary/aromatic N) is 4. The van der Waals surface area contributed by atoms with E-state index in [1.54, 1.807) is 43.3 Å².